The van der Waals surface area contributed by atoms with Gasteiger partial charge in [0.15, 0.2) is 6.79 Å². The van der Waals surface area contributed by atoms with Gasteiger partial charge in [-0.2, -0.15) is 4.31 Å². The van der Waals surface area contributed by atoms with Crippen LogP contribution < -0.4 is 10.5 Å². The Labute approximate surface area is 185 Å². The van der Waals surface area contributed by atoms with Gasteiger partial charge in [-0.25, -0.2) is 8.42 Å². The summed E-state index contributed by atoms with van der Waals surface area (Å²) in [4.78, 5) is 12.0. The van der Waals surface area contributed by atoms with E-state index in [0.717, 1.165) is 5.56 Å². The summed E-state index contributed by atoms with van der Waals surface area (Å²) in [6.45, 7) is 1.73. The molecule has 162 valence electrons. The Morgan fingerprint density at radius 2 is 1.87 bits per heavy atom. The highest BCUT2D eigenvalue weighted by Crippen LogP contribution is 2.47. The molecule has 1 fully saturated rings. The summed E-state index contributed by atoms with van der Waals surface area (Å²) in [5, 5.41) is 0.399. The molecular weight excluding hydrogens is 451 g/mol. The molecule has 2 atom stereocenters. The molecule has 0 saturated carbocycles. The first kappa shape index (κ1) is 22.8. The molecule has 0 spiro atoms. The van der Waals surface area contributed by atoms with Crippen LogP contribution in [0, 0.1) is 12.8 Å². The standard InChI is InChI=1S/C20H22Cl2N2O5S/c1-12-3-5-14(6-4-12)30(26,27)24-10-13(20(23)25)9-16(24)18-17(29-11-28-2)8-7-15(21)19(18)22/h3-8,13,16H,9-11H2,1-2H3,(H2,23,25). The minimum Gasteiger partial charge on any atom is -0.467 e. The number of methoxy groups -OCH3 is 1. The minimum atomic E-state index is -3.95. The first-order valence-electron chi connectivity index (χ1n) is 9.14. The lowest BCUT2D eigenvalue weighted by atomic mass is 9.99. The molecule has 2 unspecified atom stereocenters. The van der Waals surface area contributed by atoms with Crippen molar-refractivity contribution in [1.29, 1.82) is 0 Å². The summed E-state index contributed by atoms with van der Waals surface area (Å²) in [5.41, 5.74) is 6.82. The summed E-state index contributed by atoms with van der Waals surface area (Å²) >= 11 is 12.7. The maximum Gasteiger partial charge on any atom is 0.243 e. The van der Waals surface area contributed by atoms with Gasteiger partial charge < -0.3 is 15.2 Å². The molecule has 30 heavy (non-hydrogen) atoms. The van der Waals surface area contributed by atoms with E-state index in [1.165, 1.54) is 23.5 Å². The fraction of sp³-hybridized carbons (Fsp3) is 0.350. The normalized spacial score (nSPS) is 19.7. The lowest BCUT2D eigenvalue weighted by molar-refractivity contribution is -0.121. The number of benzene rings is 2. The van der Waals surface area contributed by atoms with Gasteiger partial charge in [-0.15, -0.1) is 0 Å². The van der Waals surface area contributed by atoms with Crippen LogP contribution in [0.3, 0.4) is 0 Å². The summed E-state index contributed by atoms with van der Waals surface area (Å²) < 4.78 is 38.7. The molecule has 0 aliphatic carbocycles. The SMILES string of the molecule is COCOc1ccc(Cl)c(Cl)c1C1CC(C(N)=O)CN1S(=O)(=O)c1ccc(C)cc1. The molecule has 0 bridgehead atoms. The minimum absolute atomic E-state index is 0.0667. The van der Waals surface area contributed by atoms with Crippen LogP contribution in [-0.2, 0) is 19.6 Å². The lowest BCUT2D eigenvalue weighted by Crippen LogP contribution is -2.33. The van der Waals surface area contributed by atoms with E-state index in [1.54, 1.807) is 24.3 Å². The molecule has 2 N–H and O–H groups in total. The lowest BCUT2D eigenvalue weighted by Gasteiger charge is -2.27. The van der Waals surface area contributed by atoms with Crippen molar-refractivity contribution >= 4 is 39.1 Å². The van der Waals surface area contributed by atoms with E-state index in [2.05, 4.69) is 0 Å². The van der Waals surface area contributed by atoms with Crippen molar-refractivity contribution in [2.24, 2.45) is 11.7 Å². The largest absolute Gasteiger partial charge is 0.467 e. The average molecular weight is 473 g/mol. The number of halogens is 2. The highest BCUT2D eigenvalue weighted by atomic mass is 35.5. The Hall–Kier alpha value is -1.84. The van der Waals surface area contributed by atoms with Crippen molar-refractivity contribution in [2.75, 3.05) is 20.4 Å². The van der Waals surface area contributed by atoms with Crippen LogP contribution in [0.4, 0.5) is 0 Å². The Kier molecular flexibility index (Phi) is 6.94. The van der Waals surface area contributed by atoms with Gasteiger partial charge in [0.25, 0.3) is 0 Å². The number of sulfonamides is 1. The van der Waals surface area contributed by atoms with Gasteiger partial charge in [0.1, 0.15) is 5.75 Å². The number of carbonyl (C=O) groups is 1. The van der Waals surface area contributed by atoms with Crippen molar-refractivity contribution in [3.63, 3.8) is 0 Å². The maximum absolute atomic E-state index is 13.5. The van der Waals surface area contributed by atoms with E-state index in [1.807, 2.05) is 6.92 Å². The monoisotopic (exact) mass is 472 g/mol. The van der Waals surface area contributed by atoms with Crippen LogP contribution in [-0.4, -0.2) is 39.1 Å². The number of aryl methyl sites for hydroxylation is 1. The van der Waals surface area contributed by atoms with Gasteiger partial charge in [-0.3, -0.25) is 4.79 Å². The number of hydrogen-bond acceptors (Lipinski definition) is 5. The first-order chi connectivity index (χ1) is 14.2. The van der Waals surface area contributed by atoms with E-state index in [9.17, 15) is 13.2 Å². The topological polar surface area (TPSA) is 98.9 Å². The van der Waals surface area contributed by atoms with Crippen LogP contribution in [0.15, 0.2) is 41.3 Å². The van der Waals surface area contributed by atoms with Gasteiger partial charge in [0.05, 0.1) is 26.9 Å². The van der Waals surface area contributed by atoms with E-state index in [0.29, 0.717) is 11.3 Å². The third kappa shape index (κ3) is 4.43. The van der Waals surface area contributed by atoms with Crippen LogP contribution >= 0.6 is 23.2 Å². The van der Waals surface area contributed by atoms with Crippen LogP contribution in [0.1, 0.15) is 23.6 Å². The highest BCUT2D eigenvalue weighted by molar-refractivity contribution is 7.89. The fourth-order valence-corrected chi connectivity index (χ4v) is 5.59. The van der Waals surface area contributed by atoms with Crippen molar-refractivity contribution in [3.8, 4) is 5.75 Å². The number of nitrogens with two attached hydrogens (primary N) is 1. The second-order valence-electron chi connectivity index (χ2n) is 7.06. The number of carbonyl (C=O) groups excluding carboxylic acids is 1. The molecule has 0 radical (unpaired) electrons. The van der Waals surface area contributed by atoms with Gasteiger partial charge in [-0.1, -0.05) is 40.9 Å². The Bertz CT molecular complexity index is 1040. The molecule has 10 heteroatoms. The molecule has 7 nitrogen and oxygen atoms in total. The molecular formula is C20H22Cl2N2O5S. The second kappa shape index (κ2) is 9.11. The van der Waals surface area contributed by atoms with E-state index in [-0.39, 0.29) is 34.7 Å². The summed E-state index contributed by atoms with van der Waals surface area (Å²) in [5.74, 6) is -0.940. The van der Waals surface area contributed by atoms with Gasteiger partial charge in [-0.05, 0) is 37.6 Å². The van der Waals surface area contributed by atoms with Crippen molar-refractivity contribution in [1.82, 2.24) is 4.31 Å². The summed E-state index contributed by atoms with van der Waals surface area (Å²) in [7, 11) is -2.49. The van der Waals surface area contributed by atoms with Crippen LogP contribution in [0.2, 0.25) is 10.0 Å². The highest BCUT2D eigenvalue weighted by Gasteiger charge is 2.45. The van der Waals surface area contributed by atoms with E-state index < -0.39 is 27.9 Å². The zero-order chi connectivity index (χ0) is 22.1. The molecule has 1 aliphatic rings. The number of hydrogen-bond donors (Lipinski definition) is 1. The zero-order valence-electron chi connectivity index (χ0n) is 16.5. The number of nitrogens with zero attached hydrogens (tertiary/aromatic N) is 1. The third-order valence-corrected chi connectivity index (χ3v) is 7.75. The third-order valence-electron chi connectivity index (χ3n) is 5.04. The van der Waals surface area contributed by atoms with Gasteiger partial charge in [0.2, 0.25) is 15.9 Å². The molecule has 1 heterocycles. The predicted molar refractivity (Wildman–Crippen MR) is 114 cm³/mol. The molecule has 1 amide bonds. The molecule has 1 aliphatic heterocycles. The Morgan fingerprint density at radius 3 is 2.47 bits per heavy atom. The second-order valence-corrected chi connectivity index (χ2v) is 9.74. The fourth-order valence-electron chi connectivity index (χ4n) is 3.49. The molecule has 3 rings (SSSR count). The quantitative estimate of drug-likeness (QED) is 0.621. The van der Waals surface area contributed by atoms with Crippen molar-refractivity contribution < 1.29 is 22.7 Å². The molecule has 1 saturated heterocycles. The Balaban J connectivity index is 2.13. The molecule has 2 aromatic carbocycles. The molecule has 2 aromatic rings. The van der Waals surface area contributed by atoms with Crippen molar-refractivity contribution in [2.45, 2.75) is 24.3 Å². The number of rotatable bonds is 7. The van der Waals surface area contributed by atoms with Gasteiger partial charge >= 0.3 is 0 Å². The number of primary amides is 1. The van der Waals surface area contributed by atoms with Crippen LogP contribution in [0.25, 0.3) is 0 Å². The van der Waals surface area contributed by atoms with E-state index >= 15 is 0 Å². The van der Waals surface area contributed by atoms with E-state index in [4.69, 9.17) is 38.4 Å². The molecule has 0 aromatic heterocycles. The van der Waals surface area contributed by atoms with Crippen molar-refractivity contribution in [3.05, 3.63) is 57.6 Å². The Morgan fingerprint density at radius 1 is 1.20 bits per heavy atom. The first-order valence-corrected chi connectivity index (χ1v) is 11.3. The average Bonchev–Trinajstić information content (AvgIpc) is 3.15. The summed E-state index contributed by atoms with van der Waals surface area (Å²) in [6.07, 6.45) is 0.157. The zero-order valence-corrected chi connectivity index (χ0v) is 18.8. The smallest absolute Gasteiger partial charge is 0.243 e. The predicted octanol–water partition coefficient (Wildman–Crippen LogP) is 3.52. The summed E-state index contributed by atoms with van der Waals surface area (Å²) in [6, 6.07) is 8.84. The van der Waals surface area contributed by atoms with Gasteiger partial charge in [0, 0.05) is 19.2 Å². The number of amides is 1. The maximum atomic E-state index is 13.5. The number of ether oxygens (including phenoxy) is 2. The van der Waals surface area contributed by atoms with Crippen LogP contribution in [0.5, 0.6) is 5.75 Å².